The fourth-order valence-corrected chi connectivity index (χ4v) is 3.28. The number of amides is 1. The summed E-state index contributed by atoms with van der Waals surface area (Å²) < 4.78 is 29.3. The van der Waals surface area contributed by atoms with Gasteiger partial charge in [0, 0.05) is 16.8 Å². The lowest BCUT2D eigenvalue weighted by atomic mass is 9.98. The van der Waals surface area contributed by atoms with Crippen molar-refractivity contribution in [3.63, 3.8) is 0 Å². The van der Waals surface area contributed by atoms with Gasteiger partial charge in [0.15, 0.2) is 6.54 Å². The van der Waals surface area contributed by atoms with Gasteiger partial charge in [-0.15, -0.1) is 0 Å². The average Bonchev–Trinajstić information content (AvgIpc) is 2.72. The Bertz CT molecular complexity index is 976. The first-order chi connectivity index (χ1) is 14.4. The largest absolute Gasteiger partial charge is 0.435 e. The van der Waals surface area contributed by atoms with Crippen molar-refractivity contribution in [3.8, 4) is 5.75 Å². The zero-order valence-electron chi connectivity index (χ0n) is 16.9. The van der Waals surface area contributed by atoms with Crippen LogP contribution in [0, 0.1) is 13.8 Å². The minimum Gasteiger partial charge on any atom is -0.435 e. The van der Waals surface area contributed by atoms with Crippen LogP contribution in [0.4, 0.5) is 14.5 Å². The molecule has 3 N–H and O–H groups in total. The van der Waals surface area contributed by atoms with Gasteiger partial charge in [-0.2, -0.15) is 8.78 Å². The summed E-state index contributed by atoms with van der Waals surface area (Å²) in [5.74, 6) is -0.00416. The SMILES string of the molecule is Cc1ccc(C)c(NC(=O)C[NH2+][C@@H](c2ccccc2)c2ccc(OC(F)F)cc2)c1. The summed E-state index contributed by atoms with van der Waals surface area (Å²) in [7, 11) is 0. The van der Waals surface area contributed by atoms with Crippen LogP contribution in [0.15, 0.2) is 72.8 Å². The van der Waals surface area contributed by atoms with Crippen LogP contribution >= 0.6 is 0 Å². The molecule has 0 aliphatic rings. The number of carbonyl (C=O) groups is 1. The first-order valence-electron chi connectivity index (χ1n) is 9.72. The third kappa shape index (κ3) is 5.87. The Labute approximate surface area is 174 Å². The van der Waals surface area contributed by atoms with Gasteiger partial charge in [0.2, 0.25) is 0 Å². The molecule has 0 saturated carbocycles. The Balaban J connectivity index is 1.73. The minimum absolute atomic E-state index is 0.105. The standard InChI is InChI=1S/C24H24F2N2O2/c1-16-8-9-17(2)21(14-16)28-22(29)15-27-23(18-6-4-3-5-7-18)19-10-12-20(13-11-19)30-24(25)26/h3-14,23-24,27H,15H2,1-2H3,(H,28,29)/p+1/t23-/m0/s1. The number of quaternary nitrogens is 1. The van der Waals surface area contributed by atoms with Gasteiger partial charge in [-0.25, -0.2) is 0 Å². The monoisotopic (exact) mass is 411 g/mol. The van der Waals surface area contributed by atoms with Gasteiger partial charge in [-0.3, -0.25) is 4.79 Å². The number of rotatable bonds is 8. The number of hydrogen-bond acceptors (Lipinski definition) is 2. The van der Waals surface area contributed by atoms with Crippen LogP contribution in [0.25, 0.3) is 0 Å². The van der Waals surface area contributed by atoms with E-state index in [2.05, 4.69) is 10.1 Å². The van der Waals surface area contributed by atoms with Crippen molar-refractivity contribution in [1.29, 1.82) is 0 Å². The highest BCUT2D eigenvalue weighted by molar-refractivity contribution is 5.92. The van der Waals surface area contributed by atoms with Crippen LogP contribution in [0.2, 0.25) is 0 Å². The van der Waals surface area contributed by atoms with Gasteiger partial charge >= 0.3 is 6.61 Å². The van der Waals surface area contributed by atoms with Crippen molar-refractivity contribution < 1.29 is 23.6 Å². The molecule has 0 unspecified atom stereocenters. The number of anilines is 1. The molecular weight excluding hydrogens is 386 g/mol. The normalized spacial score (nSPS) is 11.9. The highest BCUT2D eigenvalue weighted by Gasteiger charge is 2.19. The molecule has 0 bridgehead atoms. The highest BCUT2D eigenvalue weighted by Crippen LogP contribution is 2.22. The van der Waals surface area contributed by atoms with E-state index in [1.54, 1.807) is 12.1 Å². The van der Waals surface area contributed by atoms with E-state index < -0.39 is 6.61 Å². The lowest BCUT2D eigenvalue weighted by Crippen LogP contribution is -2.87. The molecule has 0 spiro atoms. The number of nitrogens with one attached hydrogen (secondary N) is 1. The molecule has 1 atom stereocenters. The number of halogens is 2. The van der Waals surface area contributed by atoms with Crippen LogP contribution in [0.3, 0.4) is 0 Å². The topological polar surface area (TPSA) is 54.9 Å². The summed E-state index contributed by atoms with van der Waals surface area (Å²) in [5.41, 5.74) is 4.79. The van der Waals surface area contributed by atoms with Crippen molar-refractivity contribution in [2.24, 2.45) is 0 Å². The van der Waals surface area contributed by atoms with Gasteiger partial charge in [0.25, 0.3) is 5.91 Å². The fraction of sp³-hybridized carbons (Fsp3) is 0.208. The Morgan fingerprint density at radius 2 is 1.63 bits per heavy atom. The molecule has 4 nitrogen and oxygen atoms in total. The molecular formula is C24H25F2N2O2+. The third-order valence-electron chi connectivity index (χ3n) is 4.83. The Morgan fingerprint density at radius 1 is 0.967 bits per heavy atom. The molecule has 0 radical (unpaired) electrons. The van der Waals surface area contributed by atoms with Gasteiger partial charge < -0.3 is 15.4 Å². The summed E-state index contributed by atoms with van der Waals surface area (Å²) >= 11 is 0. The maximum Gasteiger partial charge on any atom is 0.387 e. The molecule has 1 amide bonds. The van der Waals surface area contributed by atoms with E-state index in [1.807, 2.05) is 67.7 Å². The zero-order valence-corrected chi connectivity index (χ0v) is 16.9. The molecule has 0 aromatic heterocycles. The highest BCUT2D eigenvalue weighted by atomic mass is 19.3. The summed E-state index contributed by atoms with van der Waals surface area (Å²) in [5, 5.41) is 4.90. The molecule has 6 heteroatoms. The van der Waals surface area contributed by atoms with E-state index in [1.165, 1.54) is 12.1 Å². The molecule has 30 heavy (non-hydrogen) atoms. The van der Waals surface area contributed by atoms with Gasteiger partial charge in [-0.05, 0) is 55.3 Å². The van der Waals surface area contributed by atoms with Gasteiger partial charge in [-0.1, -0.05) is 42.5 Å². The first kappa shape index (κ1) is 21.5. The summed E-state index contributed by atoms with van der Waals surface area (Å²) in [6.45, 7) is 1.28. The quantitative estimate of drug-likeness (QED) is 0.584. The predicted octanol–water partition coefficient (Wildman–Crippen LogP) is 4.20. The molecule has 0 aliphatic heterocycles. The lowest BCUT2D eigenvalue weighted by Gasteiger charge is -2.17. The Kier molecular flexibility index (Phi) is 7.14. The van der Waals surface area contributed by atoms with E-state index in [0.29, 0.717) is 0 Å². The number of benzene rings is 3. The predicted molar refractivity (Wildman–Crippen MR) is 113 cm³/mol. The number of hydrogen-bond donors (Lipinski definition) is 2. The maximum absolute atomic E-state index is 12.6. The Hall–Kier alpha value is -3.25. The molecule has 3 aromatic rings. The molecule has 0 fully saturated rings. The molecule has 0 saturated heterocycles. The van der Waals surface area contributed by atoms with Crippen molar-refractivity contribution in [2.45, 2.75) is 26.5 Å². The van der Waals surface area contributed by atoms with Crippen LogP contribution in [0.1, 0.15) is 28.3 Å². The molecule has 3 aromatic carbocycles. The van der Waals surface area contributed by atoms with Crippen LogP contribution in [-0.2, 0) is 4.79 Å². The number of ether oxygens (including phenoxy) is 1. The second-order valence-electron chi connectivity index (χ2n) is 7.14. The summed E-state index contributed by atoms with van der Waals surface area (Å²) in [4.78, 5) is 12.6. The number of alkyl halides is 2. The van der Waals surface area contributed by atoms with E-state index in [9.17, 15) is 13.6 Å². The van der Waals surface area contributed by atoms with E-state index >= 15 is 0 Å². The van der Waals surface area contributed by atoms with Gasteiger partial charge in [0.05, 0.1) is 0 Å². The Morgan fingerprint density at radius 3 is 2.30 bits per heavy atom. The smallest absolute Gasteiger partial charge is 0.387 e. The minimum atomic E-state index is -2.86. The number of aryl methyl sites for hydroxylation is 2. The maximum atomic E-state index is 12.6. The number of carbonyl (C=O) groups excluding carboxylic acids is 1. The molecule has 0 aliphatic carbocycles. The van der Waals surface area contributed by atoms with E-state index in [4.69, 9.17) is 0 Å². The second-order valence-corrected chi connectivity index (χ2v) is 7.14. The van der Waals surface area contributed by atoms with E-state index in [-0.39, 0.29) is 24.2 Å². The molecule has 156 valence electrons. The van der Waals surface area contributed by atoms with Crippen molar-refractivity contribution in [2.75, 3.05) is 11.9 Å². The summed E-state index contributed by atoms with van der Waals surface area (Å²) in [6.07, 6.45) is 0. The molecule has 0 heterocycles. The third-order valence-corrected chi connectivity index (χ3v) is 4.83. The molecule has 3 rings (SSSR count). The van der Waals surface area contributed by atoms with Gasteiger partial charge in [0.1, 0.15) is 11.8 Å². The van der Waals surface area contributed by atoms with Crippen LogP contribution in [-0.4, -0.2) is 19.1 Å². The average molecular weight is 411 g/mol. The van der Waals surface area contributed by atoms with E-state index in [0.717, 1.165) is 27.9 Å². The van der Waals surface area contributed by atoms with Crippen molar-refractivity contribution in [3.05, 3.63) is 95.1 Å². The second kappa shape index (κ2) is 9.98. The zero-order chi connectivity index (χ0) is 21.5. The van der Waals surface area contributed by atoms with Crippen LogP contribution in [0.5, 0.6) is 5.75 Å². The number of nitrogens with two attached hydrogens (primary N) is 1. The van der Waals surface area contributed by atoms with Crippen molar-refractivity contribution in [1.82, 2.24) is 0 Å². The fourth-order valence-electron chi connectivity index (χ4n) is 3.28. The lowest BCUT2D eigenvalue weighted by molar-refractivity contribution is -0.676. The van der Waals surface area contributed by atoms with Crippen LogP contribution < -0.4 is 15.4 Å². The first-order valence-corrected chi connectivity index (χ1v) is 9.72. The van der Waals surface area contributed by atoms with Crippen molar-refractivity contribution >= 4 is 11.6 Å². The summed E-state index contributed by atoms with van der Waals surface area (Å²) in [6, 6.07) is 22.0.